The molecule has 2 N–H and O–H groups in total. The largest absolute Gasteiger partial charge is 0.489 e. The van der Waals surface area contributed by atoms with Crippen LogP contribution in [-0.2, 0) is 17.8 Å². The molecule has 3 aromatic rings. The van der Waals surface area contributed by atoms with Gasteiger partial charge in [0, 0.05) is 6.42 Å². The van der Waals surface area contributed by atoms with E-state index in [4.69, 9.17) is 15.2 Å². The number of hydrogen-bond acceptors (Lipinski definition) is 3. The number of benzene rings is 3. The molecule has 0 radical (unpaired) electrons. The predicted molar refractivity (Wildman–Crippen MR) is 103 cm³/mol. The van der Waals surface area contributed by atoms with E-state index in [2.05, 4.69) is 6.07 Å². The Morgan fingerprint density at radius 1 is 1.00 bits per heavy atom. The fourth-order valence-electron chi connectivity index (χ4n) is 3.07. The van der Waals surface area contributed by atoms with Crippen molar-refractivity contribution in [2.24, 2.45) is 5.73 Å². The number of fused-ring (bicyclic) bond motifs is 1. The zero-order valence-electron chi connectivity index (χ0n) is 15.1. The Balaban J connectivity index is 1.84. The third-order valence-electron chi connectivity index (χ3n) is 4.19. The third-order valence-corrected chi connectivity index (χ3v) is 4.19. The quantitative estimate of drug-likeness (QED) is 0.693. The van der Waals surface area contributed by atoms with Crippen LogP contribution in [0.2, 0.25) is 0 Å². The zero-order valence-corrected chi connectivity index (χ0v) is 15.1. The van der Waals surface area contributed by atoms with E-state index in [1.807, 2.05) is 74.5 Å². The smallest absolute Gasteiger partial charge is 0.405 e. The molecule has 4 heteroatoms. The van der Waals surface area contributed by atoms with Gasteiger partial charge >= 0.3 is 6.09 Å². The summed E-state index contributed by atoms with van der Waals surface area (Å²) in [4.78, 5) is 11.1. The second kappa shape index (κ2) is 7.48. The van der Waals surface area contributed by atoms with Crippen LogP contribution >= 0.6 is 0 Å². The SMILES string of the molecule is CC(C)(Cc1cccc2ccc(OCc3ccccc3)cc12)OC(N)=O. The molecule has 0 aromatic heterocycles. The van der Waals surface area contributed by atoms with Gasteiger partial charge in [-0.1, -0.05) is 54.6 Å². The summed E-state index contributed by atoms with van der Waals surface area (Å²) in [5.41, 5.74) is 6.71. The summed E-state index contributed by atoms with van der Waals surface area (Å²) in [5, 5.41) is 2.20. The van der Waals surface area contributed by atoms with Gasteiger partial charge in [0.05, 0.1) is 0 Å². The summed E-state index contributed by atoms with van der Waals surface area (Å²) in [6, 6.07) is 22.2. The molecule has 0 aliphatic heterocycles. The molecule has 0 atom stereocenters. The summed E-state index contributed by atoms with van der Waals surface area (Å²) in [6.07, 6.45) is -0.197. The molecule has 0 aliphatic carbocycles. The fraction of sp³-hybridized carbons (Fsp3) is 0.227. The summed E-state index contributed by atoms with van der Waals surface area (Å²) in [5.74, 6) is 0.808. The normalized spacial score (nSPS) is 11.3. The molecule has 0 saturated heterocycles. The molecule has 0 spiro atoms. The van der Waals surface area contributed by atoms with E-state index >= 15 is 0 Å². The minimum absolute atomic E-state index is 0.519. The van der Waals surface area contributed by atoms with Crippen molar-refractivity contribution in [1.82, 2.24) is 0 Å². The van der Waals surface area contributed by atoms with Gasteiger partial charge in [-0.3, -0.25) is 0 Å². The van der Waals surface area contributed by atoms with Crippen molar-refractivity contribution < 1.29 is 14.3 Å². The molecule has 0 unspecified atom stereocenters. The van der Waals surface area contributed by atoms with Gasteiger partial charge in [-0.25, -0.2) is 4.79 Å². The maximum absolute atomic E-state index is 11.1. The molecule has 4 nitrogen and oxygen atoms in total. The van der Waals surface area contributed by atoms with Crippen molar-refractivity contribution in [2.75, 3.05) is 0 Å². The summed E-state index contributed by atoms with van der Waals surface area (Å²) >= 11 is 0. The molecular weight excluding hydrogens is 326 g/mol. The van der Waals surface area contributed by atoms with E-state index in [0.29, 0.717) is 13.0 Å². The molecular formula is C22H23NO3. The summed E-state index contributed by atoms with van der Waals surface area (Å²) < 4.78 is 11.2. The topological polar surface area (TPSA) is 61.6 Å². The zero-order chi connectivity index (χ0) is 18.6. The number of carbonyl (C=O) groups is 1. The van der Waals surface area contributed by atoms with Crippen LogP contribution in [0.3, 0.4) is 0 Å². The number of primary amides is 1. The van der Waals surface area contributed by atoms with Crippen LogP contribution in [0.4, 0.5) is 4.79 Å². The minimum Gasteiger partial charge on any atom is -0.489 e. The van der Waals surface area contributed by atoms with E-state index in [1.165, 1.54) is 0 Å². The van der Waals surface area contributed by atoms with Crippen LogP contribution in [-0.4, -0.2) is 11.7 Å². The van der Waals surface area contributed by atoms with Gasteiger partial charge in [-0.2, -0.15) is 0 Å². The van der Waals surface area contributed by atoms with Crippen molar-refractivity contribution in [3.05, 3.63) is 77.9 Å². The van der Waals surface area contributed by atoms with Crippen molar-refractivity contribution >= 4 is 16.9 Å². The molecule has 0 aliphatic rings. The van der Waals surface area contributed by atoms with E-state index in [0.717, 1.165) is 27.6 Å². The van der Waals surface area contributed by atoms with E-state index in [9.17, 15) is 4.79 Å². The van der Waals surface area contributed by atoms with Gasteiger partial charge in [-0.15, -0.1) is 0 Å². The standard InChI is InChI=1S/C22H23NO3/c1-22(2,26-21(23)24)14-18-10-6-9-17-11-12-19(13-20(17)18)25-15-16-7-4-3-5-8-16/h3-13H,14-15H2,1-2H3,(H2,23,24). The van der Waals surface area contributed by atoms with Gasteiger partial charge in [0.25, 0.3) is 0 Å². The monoisotopic (exact) mass is 349 g/mol. The molecule has 0 bridgehead atoms. The number of nitrogens with two attached hydrogens (primary N) is 1. The maximum Gasteiger partial charge on any atom is 0.405 e. The van der Waals surface area contributed by atoms with Crippen LogP contribution in [0.1, 0.15) is 25.0 Å². The number of carbonyl (C=O) groups excluding carboxylic acids is 1. The van der Waals surface area contributed by atoms with Gasteiger partial charge in [0.15, 0.2) is 0 Å². The van der Waals surface area contributed by atoms with Gasteiger partial charge in [0.1, 0.15) is 18.0 Å². The van der Waals surface area contributed by atoms with Crippen molar-refractivity contribution in [3.63, 3.8) is 0 Å². The lowest BCUT2D eigenvalue weighted by Crippen LogP contribution is -2.33. The van der Waals surface area contributed by atoms with Crippen molar-refractivity contribution in [1.29, 1.82) is 0 Å². The van der Waals surface area contributed by atoms with Crippen LogP contribution in [0.5, 0.6) is 5.75 Å². The molecule has 0 saturated carbocycles. The van der Waals surface area contributed by atoms with E-state index in [-0.39, 0.29) is 0 Å². The van der Waals surface area contributed by atoms with Crippen LogP contribution in [0.15, 0.2) is 66.7 Å². The van der Waals surface area contributed by atoms with Gasteiger partial charge in [0.2, 0.25) is 0 Å². The Bertz CT molecular complexity index is 904. The average Bonchev–Trinajstić information content (AvgIpc) is 2.60. The fourth-order valence-corrected chi connectivity index (χ4v) is 3.07. The average molecular weight is 349 g/mol. The molecule has 1 amide bonds. The van der Waals surface area contributed by atoms with Crippen molar-refractivity contribution in [2.45, 2.75) is 32.5 Å². The molecule has 3 aromatic carbocycles. The first-order valence-corrected chi connectivity index (χ1v) is 8.60. The highest BCUT2D eigenvalue weighted by atomic mass is 16.6. The van der Waals surface area contributed by atoms with Crippen LogP contribution in [0, 0.1) is 0 Å². The first kappa shape index (κ1) is 17.8. The number of amides is 1. The first-order valence-electron chi connectivity index (χ1n) is 8.60. The van der Waals surface area contributed by atoms with E-state index < -0.39 is 11.7 Å². The van der Waals surface area contributed by atoms with Crippen LogP contribution < -0.4 is 10.5 Å². The Hall–Kier alpha value is -3.01. The molecule has 0 heterocycles. The highest BCUT2D eigenvalue weighted by Gasteiger charge is 2.23. The first-order chi connectivity index (χ1) is 12.4. The summed E-state index contributed by atoms with van der Waals surface area (Å²) in [7, 11) is 0. The number of ether oxygens (including phenoxy) is 2. The molecule has 3 rings (SSSR count). The maximum atomic E-state index is 11.1. The Kier molecular flexibility index (Phi) is 5.12. The predicted octanol–water partition coefficient (Wildman–Crippen LogP) is 4.84. The molecule has 26 heavy (non-hydrogen) atoms. The Morgan fingerprint density at radius 2 is 1.77 bits per heavy atom. The Morgan fingerprint density at radius 3 is 2.50 bits per heavy atom. The van der Waals surface area contributed by atoms with E-state index in [1.54, 1.807) is 0 Å². The number of hydrogen-bond donors (Lipinski definition) is 1. The lowest BCUT2D eigenvalue weighted by Gasteiger charge is -2.24. The van der Waals surface area contributed by atoms with Crippen LogP contribution in [0.25, 0.3) is 10.8 Å². The highest BCUT2D eigenvalue weighted by molar-refractivity contribution is 5.87. The molecule has 134 valence electrons. The number of rotatable bonds is 6. The Labute approximate surface area is 153 Å². The second-order valence-electron chi connectivity index (χ2n) is 6.93. The molecule has 0 fully saturated rings. The van der Waals surface area contributed by atoms with Crippen molar-refractivity contribution in [3.8, 4) is 5.75 Å². The highest BCUT2D eigenvalue weighted by Crippen LogP contribution is 2.28. The van der Waals surface area contributed by atoms with Gasteiger partial charge < -0.3 is 15.2 Å². The minimum atomic E-state index is -0.762. The van der Waals surface area contributed by atoms with Gasteiger partial charge in [-0.05, 0) is 47.9 Å². The lowest BCUT2D eigenvalue weighted by molar-refractivity contribution is 0.0462. The lowest BCUT2D eigenvalue weighted by atomic mass is 9.94. The second-order valence-corrected chi connectivity index (χ2v) is 6.93. The summed E-state index contributed by atoms with van der Waals surface area (Å²) in [6.45, 7) is 4.23. The third kappa shape index (κ3) is 4.54.